The highest BCUT2D eigenvalue weighted by molar-refractivity contribution is 5.35. The first-order valence-electron chi connectivity index (χ1n) is 5.28. The van der Waals surface area contributed by atoms with Crippen molar-refractivity contribution in [3.05, 3.63) is 65.2 Å². The highest BCUT2D eigenvalue weighted by Crippen LogP contribution is 2.29. The van der Waals surface area contributed by atoms with Gasteiger partial charge in [-0.2, -0.15) is 0 Å². The Morgan fingerprint density at radius 1 is 1.06 bits per heavy atom. The van der Waals surface area contributed by atoms with Crippen LogP contribution in [0.1, 0.15) is 18.2 Å². The van der Waals surface area contributed by atoms with E-state index in [4.69, 9.17) is 5.73 Å². The fourth-order valence-electron chi connectivity index (χ4n) is 1.81. The minimum Gasteiger partial charge on any atom is -0.316 e. The van der Waals surface area contributed by atoms with Gasteiger partial charge >= 0.3 is 0 Å². The van der Waals surface area contributed by atoms with Crippen LogP contribution < -0.4 is 5.73 Å². The van der Waals surface area contributed by atoms with E-state index in [9.17, 15) is 13.2 Å². The van der Waals surface area contributed by atoms with E-state index < -0.39 is 23.0 Å². The minimum absolute atomic E-state index is 0.188. The molecular formula is C13H11F3N2. The van der Waals surface area contributed by atoms with Gasteiger partial charge in [0.2, 0.25) is 0 Å². The minimum atomic E-state index is -1.47. The van der Waals surface area contributed by atoms with E-state index in [2.05, 4.69) is 4.98 Å². The number of nitrogens with two attached hydrogens (primary N) is 1. The Bertz CT molecular complexity index is 545. The maximum Gasteiger partial charge on any atom is 0.141 e. The van der Waals surface area contributed by atoms with Gasteiger partial charge in [0.15, 0.2) is 0 Å². The Morgan fingerprint density at radius 3 is 2.17 bits per heavy atom. The van der Waals surface area contributed by atoms with E-state index in [0.29, 0.717) is 0 Å². The zero-order valence-corrected chi connectivity index (χ0v) is 9.62. The van der Waals surface area contributed by atoms with Gasteiger partial charge in [-0.3, -0.25) is 4.98 Å². The highest BCUT2D eigenvalue weighted by atomic mass is 19.1. The maximum absolute atomic E-state index is 13.7. The van der Waals surface area contributed by atoms with E-state index in [1.165, 1.54) is 19.1 Å². The Labute approximate surface area is 102 Å². The molecule has 1 unspecified atom stereocenters. The summed E-state index contributed by atoms with van der Waals surface area (Å²) >= 11 is 0. The number of hydrogen-bond acceptors (Lipinski definition) is 2. The largest absolute Gasteiger partial charge is 0.316 e. The van der Waals surface area contributed by atoms with Crippen LogP contribution in [-0.2, 0) is 5.54 Å². The molecule has 94 valence electrons. The number of nitrogens with zero attached hydrogens (tertiary/aromatic N) is 1. The lowest BCUT2D eigenvalue weighted by Crippen LogP contribution is -2.37. The van der Waals surface area contributed by atoms with Crippen molar-refractivity contribution in [1.82, 2.24) is 4.98 Å². The number of hydrogen-bond donors (Lipinski definition) is 1. The molecule has 0 aliphatic rings. The van der Waals surface area contributed by atoms with Crippen LogP contribution in [0.25, 0.3) is 0 Å². The molecule has 0 aliphatic heterocycles. The molecule has 0 bridgehead atoms. The van der Waals surface area contributed by atoms with Crippen molar-refractivity contribution in [2.45, 2.75) is 12.5 Å². The van der Waals surface area contributed by atoms with Gasteiger partial charge in [-0.15, -0.1) is 0 Å². The molecule has 2 aromatic rings. The standard InChI is InChI=1S/C13H11F3N2/c1-13(17,11-6-5-8(14)7-18-11)12-9(15)3-2-4-10(12)16/h2-7H,17H2,1H3. The summed E-state index contributed by atoms with van der Waals surface area (Å²) in [7, 11) is 0. The van der Waals surface area contributed by atoms with E-state index in [1.54, 1.807) is 0 Å². The van der Waals surface area contributed by atoms with Gasteiger partial charge in [0.1, 0.15) is 17.5 Å². The van der Waals surface area contributed by atoms with Crippen LogP contribution in [0.4, 0.5) is 13.2 Å². The van der Waals surface area contributed by atoms with Crippen molar-refractivity contribution in [3.63, 3.8) is 0 Å². The van der Waals surface area contributed by atoms with Crippen molar-refractivity contribution in [2.24, 2.45) is 5.73 Å². The van der Waals surface area contributed by atoms with Crippen LogP contribution in [0.5, 0.6) is 0 Å². The van der Waals surface area contributed by atoms with Crippen LogP contribution in [0.2, 0.25) is 0 Å². The summed E-state index contributed by atoms with van der Waals surface area (Å²) in [4.78, 5) is 3.78. The Kier molecular flexibility index (Phi) is 3.09. The van der Waals surface area contributed by atoms with Crippen LogP contribution in [-0.4, -0.2) is 4.98 Å². The van der Waals surface area contributed by atoms with Crippen LogP contribution in [0, 0.1) is 17.5 Å². The second kappa shape index (κ2) is 4.42. The summed E-state index contributed by atoms with van der Waals surface area (Å²) in [5.74, 6) is -2.05. The average molecular weight is 252 g/mol. The molecule has 1 heterocycles. The first-order chi connectivity index (χ1) is 8.43. The lowest BCUT2D eigenvalue weighted by atomic mass is 9.88. The Balaban J connectivity index is 2.57. The van der Waals surface area contributed by atoms with E-state index in [1.807, 2.05) is 0 Å². The summed E-state index contributed by atoms with van der Waals surface area (Å²) in [6, 6.07) is 5.94. The van der Waals surface area contributed by atoms with Crippen LogP contribution in [0.3, 0.4) is 0 Å². The second-order valence-corrected chi connectivity index (χ2v) is 4.16. The molecule has 0 spiro atoms. The number of pyridine rings is 1. The molecule has 0 saturated carbocycles. The van der Waals surface area contributed by atoms with E-state index in [-0.39, 0.29) is 11.3 Å². The molecule has 0 fully saturated rings. The van der Waals surface area contributed by atoms with Crippen molar-refractivity contribution >= 4 is 0 Å². The average Bonchev–Trinajstić information content (AvgIpc) is 2.29. The zero-order chi connectivity index (χ0) is 13.3. The number of halogens is 3. The van der Waals surface area contributed by atoms with Crippen molar-refractivity contribution < 1.29 is 13.2 Å². The quantitative estimate of drug-likeness (QED) is 0.892. The van der Waals surface area contributed by atoms with Gasteiger partial charge in [0, 0.05) is 5.56 Å². The zero-order valence-electron chi connectivity index (χ0n) is 9.62. The molecule has 0 amide bonds. The van der Waals surface area contributed by atoms with Gasteiger partial charge in [-0.05, 0) is 31.2 Å². The molecule has 0 saturated heterocycles. The first-order valence-corrected chi connectivity index (χ1v) is 5.28. The van der Waals surface area contributed by atoms with Gasteiger partial charge in [0.05, 0.1) is 17.4 Å². The molecule has 2 N–H and O–H groups in total. The van der Waals surface area contributed by atoms with Crippen molar-refractivity contribution in [1.29, 1.82) is 0 Å². The van der Waals surface area contributed by atoms with Crippen molar-refractivity contribution in [3.8, 4) is 0 Å². The number of benzene rings is 1. The van der Waals surface area contributed by atoms with Gasteiger partial charge in [0.25, 0.3) is 0 Å². The third-order valence-corrected chi connectivity index (χ3v) is 2.74. The molecule has 2 rings (SSSR count). The van der Waals surface area contributed by atoms with Gasteiger partial charge in [-0.25, -0.2) is 13.2 Å². The molecule has 0 radical (unpaired) electrons. The predicted molar refractivity (Wildman–Crippen MR) is 61.2 cm³/mol. The highest BCUT2D eigenvalue weighted by Gasteiger charge is 2.31. The molecular weight excluding hydrogens is 241 g/mol. The van der Waals surface area contributed by atoms with E-state index in [0.717, 1.165) is 24.4 Å². The number of aromatic nitrogens is 1. The molecule has 1 aromatic heterocycles. The summed E-state index contributed by atoms with van der Waals surface area (Å²) in [6.07, 6.45) is 0.958. The molecule has 2 nitrogen and oxygen atoms in total. The Morgan fingerprint density at radius 2 is 1.67 bits per heavy atom. The summed E-state index contributed by atoms with van der Waals surface area (Å²) in [6.45, 7) is 1.43. The number of rotatable bonds is 2. The van der Waals surface area contributed by atoms with Crippen LogP contribution >= 0.6 is 0 Å². The molecule has 1 atom stereocenters. The smallest absolute Gasteiger partial charge is 0.141 e. The molecule has 18 heavy (non-hydrogen) atoms. The lowest BCUT2D eigenvalue weighted by molar-refractivity contribution is 0.473. The molecule has 1 aromatic carbocycles. The van der Waals surface area contributed by atoms with Crippen molar-refractivity contribution in [2.75, 3.05) is 0 Å². The third-order valence-electron chi connectivity index (χ3n) is 2.74. The second-order valence-electron chi connectivity index (χ2n) is 4.16. The topological polar surface area (TPSA) is 38.9 Å². The normalized spacial score (nSPS) is 14.3. The lowest BCUT2D eigenvalue weighted by Gasteiger charge is -2.25. The summed E-state index contributed by atoms with van der Waals surface area (Å²) < 4.78 is 40.2. The summed E-state index contributed by atoms with van der Waals surface area (Å²) in [5, 5.41) is 0. The summed E-state index contributed by atoms with van der Waals surface area (Å²) in [5.41, 5.74) is 4.38. The fraction of sp³-hybridized carbons (Fsp3) is 0.154. The van der Waals surface area contributed by atoms with Gasteiger partial charge in [-0.1, -0.05) is 6.07 Å². The van der Waals surface area contributed by atoms with E-state index >= 15 is 0 Å². The molecule has 5 heteroatoms. The molecule has 0 aliphatic carbocycles. The van der Waals surface area contributed by atoms with Crippen LogP contribution in [0.15, 0.2) is 36.5 Å². The Hall–Kier alpha value is -1.88. The first kappa shape index (κ1) is 12.6. The SMILES string of the molecule is CC(N)(c1ccc(F)cn1)c1c(F)cccc1F. The van der Waals surface area contributed by atoms with Gasteiger partial charge < -0.3 is 5.73 Å². The fourth-order valence-corrected chi connectivity index (χ4v) is 1.81. The predicted octanol–water partition coefficient (Wildman–Crippen LogP) is 2.72. The monoisotopic (exact) mass is 252 g/mol. The third kappa shape index (κ3) is 2.09. The maximum atomic E-state index is 13.7.